The van der Waals surface area contributed by atoms with Crippen molar-refractivity contribution in [2.24, 2.45) is 4.99 Å². The van der Waals surface area contributed by atoms with Gasteiger partial charge in [0, 0.05) is 43.0 Å². The molecule has 4 heteroatoms. The molecule has 0 atom stereocenters. The van der Waals surface area contributed by atoms with E-state index in [1.807, 2.05) is 31.3 Å². The molecule has 1 amide bonds. The Hall–Kier alpha value is -3.06. The number of anilines is 1. The molecule has 0 aromatic heterocycles. The Labute approximate surface area is 194 Å². The van der Waals surface area contributed by atoms with Gasteiger partial charge in [0.15, 0.2) is 0 Å². The van der Waals surface area contributed by atoms with Gasteiger partial charge in [-0.2, -0.15) is 0 Å². The van der Waals surface area contributed by atoms with Crippen molar-refractivity contribution in [1.82, 2.24) is 5.32 Å². The summed E-state index contributed by atoms with van der Waals surface area (Å²) in [6, 6.07) is 7.91. The van der Waals surface area contributed by atoms with Crippen molar-refractivity contribution in [1.29, 1.82) is 0 Å². The van der Waals surface area contributed by atoms with Crippen LogP contribution in [0.25, 0.3) is 0 Å². The molecule has 2 N–H and O–H groups in total. The number of unbranched alkanes of at least 4 members (excludes halogenated alkanes) is 4. The maximum atomic E-state index is 11.3. The zero-order valence-electron chi connectivity index (χ0n) is 20.1. The second kappa shape index (κ2) is 13.4. The van der Waals surface area contributed by atoms with Gasteiger partial charge in [-0.25, -0.2) is 0 Å². The lowest BCUT2D eigenvalue weighted by molar-refractivity contribution is -0.120. The molecular formula is C28H37N3O. The molecular weight excluding hydrogens is 394 g/mol. The van der Waals surface area contributed by atoms with E-state index >= 15 is 0 Å². The van der Waals surface area contributed by atoms with E-state index in [9.17, 15) is 4.79 Å². The van der Waals surface area contributed by atoms with E-state index in [1.165, 1.54) is 24.0 Å². The van der Waals surface area contributed by atoms with Crippen LogP contribution < -0.4 is 10.6 Å². The van der Waals surface area contributed by atoms with Gasteiger partial charge in [0.25, 0.3) is 0 Å². The Morgan fingerprint density at radius 1 is 1.09 bits per heavy atom. The summed E-state index contributed by atoms with van der Waals surface area (Å²) in [7, 11) is 3.55. The lowest BCUT2D eigenvalue weighted by Crippen LogP contribution is -2.16. The van der Waals surface area contributed by atoms with E-state index in [2.05, 4.69) is 47.5 Å². The smallest absolute Gasteiger partial charge is 0.219 e. The predicted octanol–water partition coefficient (Wildman–Crippen LogP) is 6.18. The predicted molar refractivity (Wildman–Crippen MR) is 137 cm³/mol. The van der Waals surface area contributed by atoms with Crippen LogP contribution in [0, 0.1) is 12.3 Å². The average Bonchev–Trinajstić information content (AvgIpc) is 2.82. The van der Waals surface area contributed by atoms with Gasteiger partial charge in [0.1, 0.15) is 0 Å². The molecule has 32 heavy (non-hydrogen) atoms. The van der Waals surface area contributed by atoms with Gasteiger partial charge in [-0.3, -0.25) is 9.79 Å². The summed E-state index contributed by atoms with van der Waals surface area (Å²) < 4.78 is 0. The summed E-state index contributed by atoms with van der Waals surface area (Å²) in [4.78, 5) is 15.9. The first-order valence-corrected chi connectivity index (χ1v) is 11.7. The number of carbonyl (C=O) groups excluding carboxylic acids is 1. The highest BCUT2D eigenvalue weighted by Gasteiger charge is 2.17. The van der Waals surface area contributed by atoms with Gasteiger partial charge in [0.05, 0.1) is 5.71 Å². The fourth-order valence-corrected chi connectivity index (χ4v) is 3.95. The van der Waals surface area contributed by atoms with E-state index < -0.39 is 0 Å². The largest absolute Gasteiger partial charge is 0.359 e. The van der Waals surface area contributed by atoms with Gasteiger partial charge in [0.2, 0.25) is 5.91 Å². The molecule has 1 aliphatic rings. The standard InChI is InChI=1S/C28H37N3O/c1-6-22-14-13-16-25(18-22)31-21(3)26-19-24(23(7-2)20-27(26)29-4)15-11-9-8-10-12-17-28(32)30-5/h1,13-14,16,18-20,31H,7-12,15,17H2,2-5H3,(H,30,32)/b26-21+,29-27-. The second-order valence-corrected chi connectivity index (χ2v) is 8.13. The third-order valence-electron chi connectivity index (χ3n) is 5.83. The summed E-state index contributed by atoms with van der Waals surface area (Å²) in [6.45, 7) is 4.30. The number of allylic oxidation sites excluding steroid dienone is 6. The number of rotatable bonds is 11. The van der Waals surface area contributed by atoms with Crippen LogP contribution in [0.1, 0.15) is 70.8 Å². The van der Waals surface area contributed by atoms with Crippen LogP contribution in [-0.2, 0) is 4.79 Å². The molecule has 0 saturated carbocycles. The monoisotopic (exact) mass is 431 g/mol. The number of hydrogen-bond donors (Lipinski definition) is 2. The number of hydrogen-bond acceptors (Lipinski definition) is 3. The van der Waals surface area contributed by atoms with Crippen molar-refractivity contribution in [2.45, 2.75) is 65.2 Å². The van der Waals surface area contributed by atoms with Crippen molar-refractivity contribution in [3.05, 3.63) is 64.4 Å². The number of carbonyl (C=O) groups is 1. The first-order valence-electron chi connectivity index (χ1n) is 11.7. The Kier molecular flexibility index (Phi) is 10.5. The van der Waals surface area contributed by atoms with Crippen LogP contribution >= 0.6 is 0 Å². The quantitative estimate of drug-likeness (QED) is 0.325. The molecule has 0 bridgehead atoms. The lowest BCUT2D eigenvalue weighted by atomic mass is 9.87. The number of benzene rings is 1. The van der Waals surface area contributed by atoms with E-state index in [0.29, 0.717) is 6.42 Å². The molecule has 170 valence electrons. The van der Waals surface area contributed by atoms with Crippen molar-refractivity contribution in [2.75, 3.05) is 19.4 Å². The minimum atomic E-state index is 0.137. The Morgan fingerprint density at radius 3 is 2.53 bits per heavy atom. The van der Waals surface area contributed by atoms with Gasteiger partial charge < -0.3 is 10.6 Å². The lowest BCUT2D eigenvalue weighted by Gasteiger charge is -2.21. The van der Waals surface area contributed by atoms with Crippen molar-refractivity contribution < 1.29 is 4.79 Å². The van der Waals surface area contributed by atoms with Gasteiger partial charge in [-0.1, -0.05) is 38.2 Å². The van der Waals surface area contributed by atoms with Crippen LogP contribution in [0.5, 0.6) is 0 Å². The minimum absolute atomic E-state index is 0.137. The average molecular weight is 432 g/mol. The van der Waals surface area contributed by atoms with Crippen molar-refractivity contribution >= 4 is 17.3 Å². The van der Waals surface area contributed by atoms with E-state index in [-0.39, 0.29) is 5.91 Å². The molecule has 0 heterocycles. The molecule has 1 aromatic carbocycles. The molecule has 0 saturated heterocycles. The Bertz CT molecular complexity index is 957. The highest BCUT2D eigenvalue weighted by Crippen LogP contribution is 2.29. The first kappa shape index (κ1) is 25.2. The summed E-state index contributed by atoms with van der Waals surface area (Å²) in [5, 5.41) is 6.19. The van der Waals surface area contributed by atoms with E-state index in [1.54, 1.807) is 7.05 Å². The Morgan fingerprint density at radius 2 is 1.84 bits per heavy atom. The van der Waals surface area contributed by atoms with Gasteiger partial charge in [-0.05, 0) is 74.1 Å². The van der Waals surface area contributed by atoms with Crippen LogP contribution in [0.2, 0.25) is 0 Å². The third kappa shape index (κ3) is 7.57. The maximum Gasteiger partial charge on any atom is 0.219 e. The van der Waals surface area contributed by atoms with Crippen LogP contribution in [0.15, 0.2) is 63.8 Å². The zero-order valence-corrected chi connectivity index (χ0v) is 20.1. The fraction of sp³-hybridized carbons (Fsp3) is 0.429. The molecule has 0 fully saturated rings. The van der Waals surface area contributed by atoms with E-state index in [0.717, 1.165) is 60.3 Å². The fourth-order valence-electron chi connectivity index (χ4n) is 3.95. The highest BCUT2D eigenvalue weighted by molar-refractivity contribution is 6.13. The molecule has 0 aliphatic heterocycles. The topological polar surface area (TPSA) is 53.5 Å². The third-order valence-corrected chi connectivity index (χ3v) is 5.83. The minimum Gasteiger partial charge on any atom is -0.359 e. The molecule has 2 rings (SSSR count). The molecule has 0 radical (unpaired) electrons. The number of nitrogens with zero attached hydrogens (tertiary/aromatic N) is 1. The zero-order chi connectivity index (χ0) is 23.3. The number of nitrogens with one attached hydrogen (secondary N) is 2. The van der Waals surface area contributed by atoms with Crippen LogP contribution in [-0.4, -0.2) is 25.7 Å². The maximum absolute atomic E-state index is 11.3. The summed E-state index contributed by atoms with van der Waals surface area (Å²) in [5.74, 6) is 2.83. The van der Waals surface area contributed by atoms with Gasteiger partial charge >= 0.3 is 0 Å². The number of aliphatic imine (C=N–C) groups is 1. The molecule has 1 aromatic rings. The first-order chi connectivity index (χ1) is 15.5. The van der Waals surface area contributed by atoms with Gasteiger partial charge in [-0.15, -0.1) is 6.42 Å². The van der Waals surface area contributed by atoms with Crippen molar-refractivity contribution in [3.63, 3.8) is 0 Å². The summed E-state index contributed by atoms with van der Waals surface area (Å²) in [5.41, 5.74) is 7.83. The van der Waals surface area contributed by atoms with Crippen LogP contribution in [0.4, 0.5) is 5.69 Å². The molecule has 0 unspecified atom stereocenters. The van der Waals surface area contributed by atoms with Crippen molar-refractivity contribution in [3.8, 4) is 12.3 Å². The second-order valence-electron chi connectivity index (χ2n) is 8.13. The Balaban J connectivity index is 2.05. The molecule has 1 aliphatic carbocycles. The SMILES string of the molecule is C#Cc1cccc(N/C(C)=C2\C=C(CCCCCCCC(=O)NC)C(CC)=C\C2=N\C)c1. The normalized spacial score (nSPS) is 16.2. The summed E-state index contributed by atoms with van der Waals surface area (Å²) >= 11 is 0. The number of amides is 1. The highest BCUT2D eigenvalue weighted by atomic mass is 16.1. The van der Waals surface area contributed by atoms with E-state index in [4.69, 9.17) is 6.42 Å². The number of terminal acetylenes is 1. The van der Waals surface area contributed by atoms with Crippen LogP contribution in [0.3, 0.4) is 0 Å². The molecule has 0 spiro atoms. The molecule has 4 nitrogen and oxygen atoms in total. The summed E-state index contributed by atoms with van der Waals surface area (Å²) in [6.07, 6.45) is 18.4.